The van der Waals surface area contributed by atoms with Crippen LogP contribution in [0.25, 0.3) is 21.8 Å². The second-order valence-corrected chi connectivity index (χ2v) is 15.2. The van der Waals surface area contributed by atoms with Gasteiger partial charge >= 0.3 is 6.03 Å². The van der Waals surface area contributed by atoms with Crippen LogP contribution in [-0.2, 0) is 15.6 Å². The van der Waals surface area contributed by atoms with Crippen LogP contribution < -0.4 is 30.7 Å². The van der Waals surface area contributed by atoms with Crippen LogP contribution in [0.2, 0.25) is 0 Å². The summed E-state index contributed by atoms with van der Waals surface area (Å²) in [6.07, 6.45) is 10.4. The number of para-hydroxylation sites is 1. The van der Waals surface area contributed by atoms with Crippen LogP contribution in [0, 0.1) is 0 Å². The Kier molecular flexibility index (Phi) is 11.7. The maximum Gasteiger partial charge on any atom is 0.315 e. The number of hydrogen-bond donors (Lipinski definition) is 6. The fourth-order valence-electron chi connectivity index (χ4n) is 7.06. The molecule has 7 N–H and O–H groups in total. The maximum absolute atomic E-state index is 13.0. The molecule has 1 aromatic heterocycles. The van der Waals surface area contributed by atoms with Crippen molar-refractivity contribution in [3.8, 4) is 5.75 Å². The average molecular weight is 715 g/mol. The molecule has 0 saturated carbocycles. The number of ether oxygens (including phenoxy) is 1. The van der Waals surface area contributed by atoms with Crippen molar-refractivity contribution in [1.29, 1.82) is 0 Å². The Hall–Kier alpha value is -4.36. The van der Waals surface area contributed by atoms with Crippen molar-refractivity contribution in [3.05, 3.63) is 95.4 Å². The minimum atomic E-state index is -3.86. The van der Waals surface area contributed by atoms with Crippen molar-refractivity contribution < 1.29 is 23.1 Å². The summed E-state index contributed by atoms with van der Waals surface area (Å²) in [4.78, 5) is 18.8. The van der Waals surface area contributed by atoms with Crippen LogP contribution in [0.3, 0.4) is 0 Å². The number of piperidine rings is 1. The molecule has 1 fully saturated rings. The number of benzene rings is 3. The van der Waals surface area contributed by atoms with E-state index < -0.39 is 21.7 Å². The Morgan fingerprint density at radius 1 is 1.04 bits per heavy atom. The fourth-order valence-corrected chi connectivity index (χ4v) is 7.63. The molecule has 0 spiro atoms. The Morgan fingerprint density at radius 3 is 2.53 bits per heavy atom. The normalized spacial score (nSPS) is 18.9. The number of aliphatic hydroxyl groups excluding tert-OH is 1. The zero-order valence-corrected chi connectivity index (χ0v) is 30.1. The number of nitrogens with one attached hydrogen (secondary N) is 4. The van der Waals surface area contributed by atoms with Crippen molar-refractivity contribution >= 4 is 43.5 Å². The number of fused-ring (bicyclic) bond motifs is 3. The second kappa shape index (κ2) is 16.3. The molecule has 0 radical (unpaired) electrons. The number of aliphatic hydroxyl groups is 1. The second-order valence-electron chi connectivity index (χ2n) is 13.6. The van der Waals surface area contributed by atoms with E-state index in [4.69, 9.17) is 9.88 Å². The molecule has 11 nitrogen and oxygen atoms in total. The number of hydrogen-bond acceptors (Lipinski definition) is 7. The molecule has 6 rings (SSSR count). The topological polar surface area (TPSA) is 162 Å². The Balaban J connectivity index is 1.01. The van der Waals surface area contributed by atoms with Gasteiger partial charge in [-0.2, -0.15) is 0 Å². The average Bonchev–Trinajstić information content (AvgIpc) is 3.52. The van der Waals surface area contributed by atoms with Gasteiger partial charge in [-0.1, -0.05) is 74.7 Å². The van der Waals surface area contributed by atoms with Gasteiger partial charge in [-0.05, 0) is 67.7 Å². The van der Waals surface area contributed by atoms with Crippen LogP contribution >= 0.6 is 0 Å². The van der Waals surface area contributed by atoms with Gasteiger partial charge in [-0.3, -0.25) is 0 Å². The summed E-state index contributed by atoms with van der Waals surface area (Å²) in [6, 6.07) is 22.2. The van der Waals surface area contributed by atoms with Crippen molar-refractivity contribution in [2.75, 3.05) is 37.7 Å². The summed E-state index contributed by atoms with van der Waals surface area (Å²) >= 11 is 0. The summed E-state index contributed by atoms with van der Waals surface area (Å²) < 4.78 is 30.1. The highest BCUT2D eigenvalue weighted by Crippen LogP contribution is 2.35. The Labute approximate surface area is 300 Å². The third kappa shape index (κ3) is 8.93. The molecule has 272 valence electrons. The van der Waals surface area contributed by atoms with Gasteiger partial charge < -0.3 is 35.7 Å². The predicted molar refractivity (Wildman–Crippen MR) is 204 cm³/mol. The number of amides is 2. The molecule has 2 heterocycles. The molecule has 3 aromatic carbocycles. The summed E-state index contributed by atoms with van der Waals surface area (Å²) in [7, 11) is -3.86. The van der Waals surface area contributed by atoms with E-state index in [1.54, 1.807) is 12.2 Å². The molecule has 0 bridgehead atoms. The van der Waals surface area contributed by atoms with E-state index >= 15 is 0 Å². The number of unbranched alkanes of at least 4 members (excludes halogenated alkanes) is 3. The van der Waals surface area contributed by atoms with E-state index in [1.807, 2.05) is 48.5 Å². The van der Waals surface area contributed by atoms with E-state index in [0.29, 0.717) is 13.1 Å². The molecule has 1 aliphatic heterocycles. The van der Waals surface area contributed by atoms with E-state index in [0.717, 1.165) is 90.4 Å². The highest BCUT2D eigenvalue weighted by atomic mass is 32.2. The number of rotatable bonds is 15. The summed E-state index contributed by atoms with van der Waals surface area (Å²) in [5.74, 6) is 0.760. The molecule has 4 aromatic rings. The molecule has 1 unspecified atom stereocenters. The highest BCUT2D eigenvalue weighted by molar-refractivity contribution is 7.93. The van der Waals surface area contributed by atoms with Crippen molar-refractivity contribution in [1.82, 2.24) is 20.9 Å². The summed E-state index contributed by atoms with van der Waals surface area (Å²) in [5.41, 5.74) is 3.08. The molecule has 1 aliphatic carbocycles. The lowest BCUT2D eigenvalue weighted by molar-refractivity contribution is 0.103. The van der Waals surface area contributed by atoms with Gasteiger partial charge in [0.05, 0.1) is 16.0 Å². The standard InChI is InChI=1S/C39H50N6O5S/c1-2-3-4-7-23-41-38(47)44-39(21-17-32(18-22-39)51(40,48)49)28-13-15-30(16-14-28)45-24-19-29(20-25-45)42-26-31(46)27-50-36-12-8-11-35-37(36)33-9-5-6-10-34(33)43-35/h5-6,8-18,21,29,31,42-43,46H,2-4,7,19-20,22-27H2,1H3,(H2,40,48,49)(H2,41,44,47)/t31-,39?/m0/s1. The third-order valence-corrected chi connectivity index (χ3v) is 10.9. The van der Waals surface area contributed by atoms with Crippen LogP contribution in [-0.4, -0.2) is 69.5 Å². The van der Waals surface area contributed by atoms with E-state index in [2.05, 4.69) is 51.0 Å². The number of aromatic nitrogens is 1. The number of H-pyrrole nitrogens is 1. The molecular weight excluding hydrogens is 665 g/mol. The van der Waals surface area contributed by atoms with Crippen LogP contribution in [0.1, 0.15) is 57.4 Å². The summed E-state index contributed by atoms with van der Waals surface area (Å²) in [5, 5.41) is 27.9. The zero-order chi connectivity index (χ0) is 35.8. The monoisotopic (exact) mass is 714 g/mol. The molecule has 2 amide bonds. The smallest absolute Gasteiger partial charge is 0.315 e. The van der Waals surface area contributed by atoms with Crippen LogP contribution in [0.4, 0.5) is 10.5 Å². The molecule has 2 atom stereocenters. The predicted octanol–water partition coefficient (Wildman–Crippen LogP) is 5.53. The number of anilines is 1. The van der Waals surface area contributed by atoms with E-state index in [1.165, 1.54) is 6.08 Å². The lowest BCUT2D eigenvalue weighted by Crippen LogP contribution is -2.49. The first kappa shape index (κ1) is 36.4. The Morgan fingerprint density at radius 2 is 1.80 bits per heavy atom. The van der Waals surface area contributed by atoms with Crippen molar-refractivity contribution in [2.24, 2.45) is 5.14 Å². The van der Waals surface area contributed by atoms with Gasteiger partial charge in [0, 0.05) is 54.2 Å². The number of nitrogens with zero attached hydrogens (tertiary/aromatic N) is 1. The lowest BCUT2D eigenvalue weighted by Gasteiger charge is -2.36. The van der Waals surface area contributed by atoms with Crippen LogP contribution in [0.15, 0.2) is 89.9 Å². The number of sulfonamides is 1. The maximum atomic E-state index is 13.0. The van der Waals surface area contributed by atoms with Gasteiger partial charge in [0.25, 0.3) is 0 Å². The van der Waals surface area contributed by atoms with Crippen molar-refractivity contribution in [3.63, 3.8) is 0 Å². The molecular formula is C39H50N6O5S. The van der Waals surface area contributed by atoms with Gasteiger partial charge in [-0.15, -0.1) is 0 Å². The van der Waals surface area contributed by atoms with Crippen molar-refractivity contribution in [2.45, 2.75) is 69.6 Å². The SMILES string of the molecule is CCCCCCNC(=O)NC1(c2ccc(N3CCC(NC[C@H](O)COc4cccc5[nH]c6ccccc6c45)CC3)cc2)C=CC(S(N)(=O)=O)=CC1. The van der Waals surface area contributed by atoms with Gasteiger partial charge in [-0.25, -0.2) is 18.4 Å². The largest absolute Gasteiger partial charge is 0.490 e. The molecule has 51 heavy (non-hydrogen) atoms. The van der Waals surface area contributed by atoms with Crippen LogP contribution in [0.5, 0.6) is 5.75 Å². The lowest BCUT2D eigenvalue weighted by atomic mass is 9.83. The quantitative estimate of drug-likeness (QED) is 0.0884. The third-order valence-electron chi connectivity index (χ3n) is 9.95. The number of allylic oxidation sites excluding steroid dienone is 1. The first-order valence-electron chi connectivity index (χ1n) is 18.0. The first-order chi connectivity index (χ1) is 24.6. The van der Waals surface area contributed by atoms with E-state index in [9.17, 15) is 18.3 Å². The number of primary sulfonamides is 1. The first-order valence-corrected chi connectivity index (χ1v) is 19.6. The zero-order valence-electron chi connectivity index (χ0n) is 29.2. The molecule has 2 aliphatic rings. The molecule has 1 saturated heterocycles. The highest BCUT2D eigenvalue weighted by Gasteiger charge is 2.34. The summed E-state index contributed by atoms with van der Waals surface area (Å²) in [6.45, 7) is 5.07. The minimum Gasteiger partial charge on any atom is -0.490 e. The number of aromatic amines is 1. The number of carbonyl (C=O) groups excluding carboxylic acids is 1. The van der Waals surface area contributed by atoms with Gasteiger partial charge in [0.1, 0.15) is 18.5 Å². The Bertz CT molecular complexity index is 1970. The van der Waals surface area contributed by atoms with Gasteiger partial charge in [0.2, 0.25) is 10.0 Å². The number of carbonyl (C=O) groups is 1. The molecule has 12 heteroatoms. The fraction of sp³-hybridized carbons (Fsp3) is 0.410. The number of urea groups is 1. The minimum absolute atomic E-state index is 0.0381. The van der Waals surface area contributed by atoms with Gasteiger partial charge in [0.15, 0.2) is 0 Å². The number of nitrogens with two attached hydrogens (primary N) is 1. The van der Waals surface area contributed by atoms with E-state index in [-0.39, 0.29) is 30.0 Å².